The Balaban J connectivity index is 1.88. The van der Waals surface area contributed by atoms with E-state index in [-0.39, 0.29) is 17.9 Å². The van der Waals surface area contributed by atoms with Crippen molar-refractivity contribution in [3.05, 3.63) is 30.1 Å². The Morgan fingerprint density at radius 1 is 1.21 bits per heavy atom. The van der Waals surface area contributed by atoms with Gasteiger partial charge in [0, 0.05) is 11.7 Å². The Labute approximate surface area is 113 Å². The van der Waals surface area contributed by atoms with Gasteiger partial charge in [-0.1, -0.05) is 26.7 Å². The first-order valence-electron chi connectivity index (χ1n) is 6.89. The Kier molecular flexibility index (Phi) is 4.40. The van der Waals surface area contributed by atoms with Crippen LogP contribution in [0.25, 0.3) is 0 Å². The summed E-state index contributed by atoms with van der Waals surface area (Å²) in [6, 6.07) is 5.80. The Hall–Kier alpha value is -1.58. The van der Waals surface area contributed by atoms with Crippen LogP contribution in [0.3, 0.4) is 0 Å². The van der Waals surface area contributed by atoms with Crippen LogP contribution in [0.4, 0.5) is 14.9 Å². The van der Waals surface area contributed by atoms with Crippen molar-refractivity contribution in [2.24, 2.45) is 11.8 Å². The lowest BCUT2D eigenvalue weighted by Gasteiger charge is -2.34. The van der Waals surface area contributed by atoms with Gasteiger partial charge in [-0.2, -0.15) is 0 Å². The summed E-state index contributed by atoms with van der Waals surface area (Å²) in [5.74, 6) is 0.832. The smallest absolute Gasteiger partial charge is 0.319 e. The van der Waals surface area contributed by atoms with Gasteiger partial charge in [-0.3, -0.25) is 0 Å². The molecule has 0 unspecified atom stereocenters. The van der Waals surface area contributed by atoms with Gasteiger partial charge in [0.15, 0.2) is 0 Å². The number of benzene rings is 1. The average Bonchev–Trinajstić information content (AvgIpc) is 2.38. The third kappa shape index (κ3) is 3.69. The quantitative estimate of drug-likeness (QED) is 0.838. The summed E-state index contributed by atoms with van der Waals surface area (Å²) in [5.41, 5.74) is 0.607. The molecule has 1 aromatic rings. The molecule has 104 valence electrons. The van der Waals surface area contributed by atoms with E-state index in [1.807, 2.05) is 0 Å². The summed E-state index contributed by atoms with van der Waals surface area (Å²) in [6.45, 7) is 4.42. The normalized spacial score (nSPS) is 26.8. The molecule has 1 fully saturated rings. The standard InChI is InChI=1S/C15H21FN2O/c1-10-4-3-5-14(11(10)2)18-15(19)17-13-8-6-12(16)7-9-13/h6-11,14H,3-5H2,1-2H3,(H2,17,18,19)/t10-,11+,14+/m0/s1. The number of carbonyl (C=O) groups is 1. The van der Waals surface area contributed by atoms with Gasteiger partial charge in [0.2, 0.25) is 0 Å². The van der Waals surface area contributed by atoms with E-state index in [1.165, 1.54) is 18.6 Å². The van der Waals surface area contributed by atoms with Crippen molar-refractivity contribution in [3.63, 3.8) is 0 Å². The minimum Gasteiger partial charge on any atom is -0.335 e. The molecule has 0 radical (unpaired) electrons. The largest absolute Gasteiger partial charge is 0.335 e. The van der Waals surface area contributed by atoms with Crippen LogP contribution in [0, 0.1) is 17.7 Å². The van der Waals surface area contributed by atoms with Crippen molar-refractivity contribution in [3.8, 4) is 0 Å². The van der Waals surface area contributed by atoms with Crippen LogP contribution in [0.1, 0.15) is 33.1 Å². The molecule has 2 N–H and O–H groups in total. The highest BCUT2D eigenvalue weighted by Gasteiger charge is 2.28. The van der Waals surface area contributed by atoms with E-state index >= 15 is 0 Å². The summed E-state index contributed by atoms with van der Waals surface area (Å²) >= 11 is 0. The molecule has 3 nitrogen and oxygen atoms in total. The van der Waals surface area contributed by atoms with Crippen LogP contribution >= 0.6 is 0 Å². The minimum absolute atomic E-state index is 0.211. The summed E-state index contributed by atoms with van der Waals surface area (Å²) in [7, 11) is 0. The second kappa shape index (κ2) is 6.04. The van der Waals surface area contributed by atoms with Crippen LogP contribution < -0.4 is 10.6 Å². The maximum atomic E-state index is 12.8. The molecule has 0 aromatic heterocycles. The number of anilines is 1. The van der Waals surface area contributed by atoms with Gasteiger partial charge in [0.1, 0.15) is 5.82 Å². The van der Waals surface area contributed by atoms with Gasteiger partial charge in [0.25, 0.3) is 0 Å². The van der Waals surface area contributed by atoms with Crippen molar-refractivity contribution in [2.75, 3.05) is 5.32 Å². The average molecular weight is 264 g/mol. The number of rotatable bonds is 2. The zero-order valence-electron chi connectivity index (χ0n) is 11.4. The Morgan fingerprint density at radius 3 is 2.58 bits per heavy atom. The lowest BCUT2D eigenvalue weighted by molar-refractivity contribution is 0.201. The molecule has 0 aliphatic heterocycles. The molecule has 19 heavy (non-hydrogen) atoms. The summed E-state index contributed by atoms with van der Waals surface area (Å²) in [6.07, 6.45) is 3.42. The highest BCUT2D eigenvalue weighted by atomic mass is 19.1. The van der Waals surface area contributed by atoms with Crippen molar-refractivity contribution < 1.29 is 9.18 Å². The molecule has 0 bridgehead atoms. The number of carbonyl (C=O) groups excluding carboxylic acids is 1. The van der Waals surface area contributed by atoms with Crippen LogP contribution in [-0.4, -0.2) is 12.1 Å². The van der Waals surface area contributed by atoms with Crippen molar-refractivity contribution in [1.82, 2.24) is 5.32 Å². The molecule has 1 saturated carbocycles. The predicted molar refractivity (Wildman–Crippen MR) is 74.5 cm³/mol. The van der Waals surface area contributed by atoms with Crippen molar-refractivity contribution in [2.45, 2.75) is 39.2 Å². The van der Waals surface area contributed by atoms with Crippen molar-refractivity contribution in [1.29, 1.82) is 0 Å². The lowest BCUT2D eigenvalue weighted by atomic mass is 9.78. The van der Waals surface area contributed by atoms with Crippen LogP contribution in [-0.2, 0) is 0 Å². The first-order chi connectivity index (χ1) is 9.06. The third-order valence-electron chi connectivity index (χ3n) is 4.13. The molecule has 0 saturated heterocycles. The van der Waals surface area contributed by atoms with Gasteiger partial charge in [-0.25, -0.2) is 9.18 Å². The molecule has 2 amide bonds. The molecule has 0 spiro atoms. The molecule has 1 aliphatic carbocycles. The number of nitrogens with one attached hydrogen (secondary N) is 2. The number of urea groups is 1. The summed E-state index contributed by atoms with van der Waals surface area (Å²) < 4.78 is 12.8. The topological polar surface area (TPSA) is 41.1 Å². The molecule has 3 atom stereocenters. The molecular weight excluding hydrogens is 243 g/mol. The van der Waals surface area contributed by atoms with E-state index in [0.29, 0.717) is 17.5 Å². The molecular formula is C15H21FN2O. The fourth-order valence-corrected chi connectivity index (χ4v) is 2.65. The number of hydrogen-bond donors (Lipinski definition) is 2. The lowest BCUT2D eigenvalue weighted by Crippen LogP contribution is -2.45. The third-order valence-corrected chi connectivity index (χ3v) is 4.13. The molecule has 1 aliphatic rings. The van der Waals surface area contributed by atoms with Crippen LogP contribution in [0.15, 0.2) is 24.3 Å². The van der Waals surface area contributed by atoms with Crippen LogP contribution in [0.2, 0.25) is 0 Å². The zero-order chi connectivity index (χ0) is 13.8. The highest BCUT2D eigenvalue weighted by molar-refractivity contribution is 5.89. The number of halogens is 1. The molecule has 2 rings (SSSR count). The number of amides is 2. The predicted octanol–water partition coefficient (Wildman–Crippen LogP) is 3.77. The maximum absolute atomic E-state index is 12.8. The fraction of sp³-hybridized carbons (Fsp3) is 0.533. The summed E-state index contributed by atoms with van der Waals surface area (Å²) in [4.78, 5) is 11.9. The minimum atomic E-state index is -0.305. The van der Waals surface area contributed by atoms with Gasteiger partial charge in [0.05, 0.1) is 0 Å². The van der Waals surface area contributed by atoms with E-state index in [4.69, 9.17) is 0 Å². The molecule has 1 aromatic carbocycles. The van der Waals surface area contributed by atoms with Gasteiger partial charge in [-0.15, -0.1) is 0 Å². The SMILES string of the molecule is C[C@@H]1[C@@H](C)CCC[C@H]1NC(=O)Nc1ccc(F)cc1. The first kappa shape index (κ1) is 13.8. The van der Waals surface area contributed by atoms with E-state index in [9.17, 15) is 9.18 Å². The van der Waals surface area contributed by atoms with Gasteiger partial charge < -0.3 is 10.6 Å². The van der Waals surface area contributed by atoms with Gasteiger partial charge >= 0.3 is 6.03 Å². The van der Waals surface area contributed by atoms with E-state index in [1.54, 1.807) is 12.1 Å². The van der Waals surface area contributed by atoms with Crippen LogP contribution in [0.5, 0.6) is 0 Å². The first-order valence-corrected chi connectivity index (χ1v) is 6.89. The highest BCUT2D eigenvalue weighted by Crippen LogP contribution is 2.29. The fourth-order valence-electron chi connectivity index (χ4n) is 2.65. The summed E-state index contributed by atoms with van der Waals surface area (Å²) in [5, 5.41) is 5.75. The number of hydrogen-bond acceptors (Lipinski definition) is 1. The Morgan fingerprint density at radius 2 is 1.89 bits per heavy atom. The Bertz CT molecular complexity index is 432. The molecule has 0 heterocycles. The zero-order valence-corrected chi connectivity index (χ0v) is 11.4. The molecule has 4 heteroatoms. The van der Waals surface area contributed by atoms with Gasteiger partial charge in [-0.05, 0) is 42.5 Å². The van der Waals surface area contributed by atoms with E-state index in [0.717, 1.165) is 12.8 Å². The second-order valence-corrected chi connectivity index (χ2v) is 5.48. The van der Waals surface area contributed by atoms with E-state index in [2.05, 4.69) is 24.5 Å². The van der Waals surface area contributed by atoms with E-state index < -0.39 is 0 Å². The second-order valence-electron chi connectivity index (χ2n) is 5.48. The maximum Gasteiger partial charge on any atom is 0.319 e. The monoisotopic (exact) mass is 264 g/mol. The van der Waals surface area contributed by atoms with Crippen molar-refractivity contribution >= 4 is 11.7 Å².